The maximum absolute atomic E-state index is 4.84. The standard InChI is InChI=1S/C21H39N5S/c1-5-26(6-2)16-10-11-17(3)24-21(22-4)23-15-9-14-20-25-18-12-7-8-13-19(18)27-20/h17H,5-16H2,1-4H3,(H2,22,23,24). The summed E-state index contributed by atoms with van der Waals surface area (Å²) in [6.07, 6.45) is 9.65. The molecule has 154 valence electrons. The van der Waals surface area contributed by atoms with Crippen molar-refractivity contribution >= 4 is 17.3 Å². The first-order valence-corrected chi connectivity index (χ1v) is 11.6. The number of aliphatic imine (C=N–C) groups is 1. The fourth-order valence-corrected chi connectivity index (χ4v) is 4.82. The Morgan fingerprint density at radius 2 is 2.00 bits per heavy atom. The molecule has 1 aliphatic carbocycles. The lowest BCUT2D eigenvalue weighted by atomic mass is 10.0. The van der Waals surface area contributed by atoms with Gasteiger partial charge in [0.05, 0.1) is 10.7 Å². The van der Waals surface area contributed by atoms with Crippen molar-refractivity contribution in [3.63, 3.8) is 0 Å². The van der Waals surface area contributed by atoms with E-state index in [2.05, 4.69) is 41.3 Å². The third-order valence-electron chi connectivity index (χ3n) is 5.36. The number of aryl methyl sites for hydroxylation is 3. The van der Waals surface area contributed by atoms with Gasteiger partial charge in [-0.2, -0.15) is 0 Å². The molecule has 2 N–H and O–H groups in total. The van der Waals surface area contributed by atoms with Gasteiger partial charge >= 0.3 is 0 Å². The van der Waals surface area contributed by atoms with Crippen LogP contribution in [0.3, 0.4) is 0 Å². The Kier molecular flexibility index (Phi) is 10.1. The Labute approximate surface area is 170 Å². The van der Waals surface area contributed by atoms with E-state index in [1.54, 1.807) is 4.88 Å². The second kappa shape index (κ2) is 12.3. The van der Waals surface area contributed by atoms with Gasteiger partial charge in [0.1, 0.15) is 0 Å². The van der Waals surface area contributed by atoms with Crippen molar-refractivity contribution in [2.45, 2.75) is 78.2 Å². The second-order valence-electron chi connectivity index (χ2n) is 7.50. The van der Waals surface area contributed by atoms with Crippen LogP contribution in [0, 0.1) is 0 Å². The maximum atomic E-state index is 4.84. The quantitative estimate of drug-likeness (QED) is 0.342. The van der Waals surface area contributed by atoms with Crippen LogP contribution in [0.4, 0.5) is 0 Å². The highest BCUT2D eigenvalue weighted by atomic mass is 32.1. The van der Waals surface area contributed by atoms with Crippen molar-refractivity contribution in [2.24, 2.45) is 4.99 Å². The summed E-state index contributed by atoms with van der Waals surface area (Å²) in [5.74, 6) is 0.920. The van der Waals surface area contributed by atoms with E-state index < -0.39 is 0 Å². The normalized spacial score (nSPS) is 15.7. The van der Waals surface area contributed by atoms with E-state index in [4.69, 9.17) is 4.98 Å². The van der Waals surface area contributed by atoms with E-state index in [0.717, 1.165) is 38.4 Å². The first-order chi connectivity index (χ1) is 13.2. The van der Waals surface area contributed by atoms with Gasteiger partial charge in [0, 0.05) is 30.9 Å². The maximum Gasteiger partial charge on any atom is 0.191 e. The van der Waals surface area contributed by atoms with Crippen molar-refractivity contribution in [2.75, 3.05) is 33.2 Å². The summed E-state index contributed by atoms with van der Waals surface area (Å²) in [6, 6.07) is 0.442. The van der Waals surface area contributed by atoms with Crippen LogP contribution in [0.25, 0.3) is 0 Å². The third-order valence-corrected chi connectivity index (χ3v) is 6.58. The molecule has 1 unspecified atom stereocenters. The Morgan fingerprint density at radius 1 is 1.22 bits per heavy atom. The molecule has 0 amide bonds. The Balaban J connectivity index is 1.61. The predicted octanol–water partition coefficient (Wildman–Crippen LogP) is 3.63. The summed E-state index contributed by atoms with van der Waals surface area (Å²) < 4.78 is 0. The van der Waals surface area contributed by atoms with E-state index >= 15 is 0 Å². The number of nitrogens with one attached hydrogen (secondary N) is 2. The Morgan fingerprint density at radius 3 is 2.70 bits per heavy atom. The van der Waals surface area contributed by atoms with Gasteiger partial charge in [0.25, 0.3) is 0 Å². The molecule has 5 nitrogen and oxygen atoms in total. The molecule has 0 bridgehead atoms. The summed E-state index contributed by atoms with van der Waals surface area (Å²) in [7, 11) is 1.85. The summed E-state index contributed by atoms with van der Waals surface area (Å²) in [4.78, 5) is 13.2. The van der Waals surface area contributed by atoms with Gasteiger partial charge in [0.2, 0.25) is 0 Å². The van der Waals surface area contributed by atoms with Gasteiger partial charge in [-0.25, -0.2) is 4.98 Å². The van der Waals surface area contributed by atoms with E-state index in [-0.39, 0.29) is 0 Å². The first kappa shape index (κ1) is 22.2. The number of thiazole rings is 1. The molecule has 0 radical (unpaired) electrons. The predicted molar refractivity (Wildman–Crippen MR) is 118 cm³/mol. The number of guanidine groups is 1. The summed E-state index contributed by atoms with van der Waals surface area (Å²) in [5, 5.41) is 8.30. The van der Waals surface area contributed by atoms with Crippen LogP contribution >= 0.6 is 11.3 Å². The molecular formula is C21H39N5S. The summed E-state index contributed by atoms with van der Waals surface area (Å²) >= 11 is 1.94. The molecule has 1 aromatic heterocycles. The van der Waals surface area contributed by atoms with Crippen LogP contribution in [0.5, 0.6) is 0 Å². The molecule has 1 aliphatic rings. The second-order valence-corrected chi connectivity index (χ2v) is 8.67. The number of aromatic nitrogens is 1. The molecule has 0 saturated heterocycles. The molecule has 0 aliphatic heterocycles. The lowest BCUT2D eigenvalue weighted by molar-refractivity contribution is 0.292. The lowest BCUT2D eigenvalue weighted by Gasteiger charge is -2.21. The third kappa shape index (κ3) is 7.78. The summed E-state index contributed by atoms with van der Waals surface area (Å²) in [5.41, 5.74) is 1.38. The number of hydrogen-bond donors (Lipinski definition) is 2. The van der Waals surface area contributed by atoms with Crippen LogP contribution in [0.15, 0.2) is 4.99 Å². The van der Waals surface area contributed by atoms with Crippen molar-refractivity contribution in [3.8, 4) is 0 Å². The fourth-order valence-electron chi connectivity index (χ4n) is 3.62. The fraction of sp³-hybridized carbons (Fsp3) is 0.810. The monoisotopic (exact) mass is 393 g/mol. The zero-order valence-corrected chi connectivity index (χ0v) is 18.6. The van der Waals surface area contributed by atoms with Gasteiger partial charge in [-0.1, -0.05) is 13.8 Å². The smallest absolute Gasteiger partial charge is 0.191 e. The SMILES string of the molecule is CCN(CC)CCCC(C)NC(=NC)NCCCc1nc2c(s1)CCCC2. The van der Waals surface area contributed by atoms with Gasteiger partial charge in [-0.3, -0.25) is 4.99 Å². The molecule has 1 heterocycles. The Bertz CT molecular complexity index is 541. The number of hydrogen-bond acceptors (Lipinski definition) is 4. The highest BCUT2D eigenvalue weighted by molar-refractivity contribution is 7.11. The zero-order valence-electron chi connectivity index (χ0n) is 17.8. The Hall–Kier alpha value is -1.14. The molecule has 0 saturated carbocycles. The molecule has 1 atom stereocenters. The van der Waals surface area contributed by atoms with Crippen LogP contribution in [0.1, 0.15) is 68.5 Å². The largest absolute Gasteiger partial charge is 0.356 e. The minimum absolute atomic E-state index is 0.442. The van der Waals surface area contributed by atoms with Crippen LogP contribution in [-0.4, -0.2) is 55.1 Å². The molecule has 2 rings (SSSR count). The van der Waals surface area contributed by atoms with Gasteiger partial charge in [0.15, 0.2) is 5.96 Å². The van der Waals surface area contributed by atoms with Crippen molar-refractivity contribution in [1.82, 2.24) is 20.5 Å². The molecule has 1 aromatic rings. The van der Waals surface area contributed by atoms with Crippen molar-refractivity contribution < 1.29 is 0 Å². The lowest BCUT2D eigenvalue weighted by Crippen LogP contribution is -2.42. The molecule has 0 aromatic carbocycles. The molecule has 0 fully saturated rings. The topological polar surface area (TPSA) is 52.5 Å². The van der Waals surface area contributed by atoms with E-state index in [1.807, 2.05) is 18.4 Å². The summed E-state index contributed by atoms with van der Waals surface area (Å²) in [6.45, 7) is 11.1. The van der Waals surface area contributed by atoms with Crippen LogP contribution in [0.2, 0.25) is 0 Å². The van der Waals surface area contributed by atoms with Gasteiger partial charge < -0.3 is 15.5 Å². The number of fused-ring (bicyclic) bond motifs is 1. The first-order valence-electron chi connectivity index (χ1n) is 10.8. The molecule has 6 heteroatoms. The number of nitrogens with zero attached hydrogens (tertiary/aromatic N) is 3. The average molecular weight is 394 g/mol. The van der Waals surface area contributed by atoms with Crippen LogP contribution < -0.4 is 10.6 Å². The van der Waals surface area contributed by atoms with E-state index in [0.29, 0.717) is 6.04 Å². The minimum atomic E-state index is 0.442. The molecular weight excluding hydrogens is 354 g/mol. The van der Waals surface area contributed by atoms with E-state index in [9.17, 15) is 0 Å². The number of rotatable bonds is 11. The molecule has 0 spiro atoms. The van der Waals surface area contributed by atoms with Gasteiger partial charge in [-0.15, -0.1) is 11.3 Å². The van der Waals surface area contributed by atoms with Gasteiger partial charge in [-0.05, 0) is 71.5 Å². The highest BCUT2D eigenvalue weighted by Gasteiger charge is 2.14. The highest BCUT2D eigenvalue weighted by Crippen LogP contribution is 2.27. The zero-order chi connectivity index (χ0) is 19.5. The van der Waals surface area contributed by atoms with Crippen LogP contribution in [-0.2, 0) is 19.3 Å². The van der Waals surface area contributed by atoms with Crippen molar-refractivity contribution in [1.29, 1.82) is 0 Å². The average Bonchev–Trinajstić information content (AvgIpc) is 3.10. The molecule has 27 heavy (non-hydrogen) atoms. The van der Waals surface area contributed by atoms with Crippen molar-refractivity contribution in [3.05, 3.63) is 15.6 Å². The minimum Gasteiger partial charge on any atom is -0.356 e. The van der Waals surface area contributed by atoms with E-state index in [1.165, 1.54) is 55.8 Å².